The van der Waals surface area contributed by atoms with E-state index in [2.05, 4.69) is 30.6 Å². The monoisotopic (exact) mass is 455 g/mol. The number of carbonyl (C=O) groups excluding carboxylic acids is 3. The van der Waals surface area contributed by atoms with Gasteiger partial charge in [0.2, 0.25) is 11.8 Å². The van der Waals surface area contributed by atoms with Gasteiger partial charge in [0.15, 0.2) is 0 Å². The van der Waals surface area contributed by atoms with E-state index in [-0.39, 0.29) is 17.9 Å². The summed E-state index contributed by atoms with van der Waals surface area (Å²) in [6.07, 6.45) is 4.84. The van der Waals surface area contributed by atoms with Crippen molar-refractivity contribution < 1.29 is 14.4 Å². The van der Waals surface area contributed by atoms with Gasteiger partial charge in [0.1, 0.15) is 6.29 Å². The average Bonchev–Trinajstić information content (AvgIpc) is 3.45. The number of nitrogens with zero attached hydrogens (tertiary/aromatic N) is 2. The van der Waals surface area contributed by atoms with Gasteiger partial charge in [-0.25, -0.2) is 0 Å². The molecule has 0 spiro atoms. The highest BCUT2D eigenvalue weighted by atomic mass is 32.1. The summed E-state index contributed by atoms with van der Waals surface area (Å²) in [6.45, 7) is 5.49. The Balaban J connectivity index is 0.000000360. The van der Waals surface area contributed by atoms with E-state index in [1.165, 1.54) is 0 Å². The number of rotatable bonds is 7. The van der Waals surface area contributed by atoms with Gasteiger partial charge in [-0.15, -0.1) is 0 Å². The zero-order chi connectivity index (χ0) is 23.1. The van der Waals surface area contributed by atoms with Crippen LogP contribution in [0, 0.1) is 5.92 Å². The Hall–Kier alpha value is -2.51. The summed E-state index contributed by atoms with van der Waals surface area (Å²) in [5.74, 6) is 0.887. The Morgan fingerprint density at radius 2 is 2.06 bits per heavy atom. The first kappa shape index (κ1) is 24.1. The van der Waals surface area contributed by atoms with Crippen LogP contribution in [-0.4, -0.2) is 37.7 Å². The number of aldehydes is 1. The van der Waals surface area contributed by atoms with Crippen LogP contribution in [0.3, 0.4) is 0 Å². The minimum atomic E-state index is -0.226. The number of carbonyl (C=O) groups is 3. The minimum Gasteiger partial charge on any atom is -0.310 e. The van der Waals surface area contributed by atoms with Crippen LogP contribution < -0.4 is 15.1 Å². The summed E-state index contributed by atoms with van der Waals surface area (Å²) >= 11 is 1.63. The molecule has 1 aromatic heterocycles. The van der Waals surface area contributed by atoms with E-state index in [9.17, 15) is 14.4 Å². The van der Waals surface area contributed by atoms with Crippen LogP contribution in [0.4, 0.5) is 11.4 Å². The highest BCUT2D eigenvalue weighted by molar-refractivity contribution is 7.07. The lowest BCUT2D eigenvalue weighted by Crippen LogP contribution is -2.50. The Kier molecular flexibility index (Phi) is 8.59. The molecule has 1 aromatic carbocycles. The third kappa shape index (κ3) is 5.64. The molecule has 1 saturated heterocycles. The molecule has 1 atom stereocenters. The Morgan fingerprint density at radius 3 is 2.62 bits per heavy atom. The van der Waals surface area contributed by atoms with Crippen LogP contribution in [0.1, 0.15) is 50.7 Å². The molecule has 32 heavy (non-hydrogen) atoms. The van der Waals surface area contributed by atoms with Crippen molar-refractivity contribution in [2.75, 3.05) is 23.4 Å². The number of hydrogen-bond acceptors (Lipinski definition) is 5. The molecule has 1 N–H and O–H groups in total. The molecule has 0 aliphatic carbocycles. The van der Waals surface area contributed by atoms with Gasteiger partial charge < -0.3 is 19.9 Å². The first-order valence-electron chi connectivity index (χ1n) is 11.3. The molecule has 1 unspecified atom stereocenters. The number of anilines is 2. The van der Waals surface area contributed by atoms with Crippen molar-refractivity contribution >= 4 is 40.8 Å². The molecule has 2 amide bonds. The normalized spacial score (nSPS) is 17.9. The van der Waals surface area contributed by atoms with Gasteiger partial charge in [0.05, 0.1) is 24.0 Å². The van der Waals surface area contributed by atoms with Crippen LogP contribution in [0.15, 0.2) is 35.0 Å². The maximum absolute atomic E-state index is 13.1. The van der Waals surface area contributed by atoms with E-state index in [0.29, 0.717) is 25.3 Å². The molecule has 0 bridgehead atoms. The molecule has 6 nitrogen and oxygen atoms in total. The van der Waals surface area contributed by atoms with Gasteiger partial charge in [-0.3, -0.25) is 9.59 Å². The summed E-state index contributed by atoms with van der Waals surface area (Å²) in [4.78, 5) is 38.8. The van der Waals surface area contributed by atoms with Gasteiger partial charge in [-0.2, -0.15) is 11.3 Å². The standard InChI is InChI=1S/C19H21N3O2S.C6H12O/c1-20-15-10-14-4-2-5-16(21-8-3-6-17(21)23)18(14)22(19(15)24)11-13-7-9-25-12-13;1-6(2)4-3-5-7/h2,4-5,7,9,12,15,20H,3,6,8,10-11H2,1H3;5-6H,3-4H2,1-2H3. The Morgan fingerprint density at radius 1 is 1.25 bits per heavy atom. The number of likely N-dealkylation sites (N-methyl/N-ethyl adjacent to an activating group) is 1. The van der Waals surface area contributed by atoms with Gasteiger partial charge in [0.25, 0.3) is 0 Å². The first-order valence-corrected chi connectivity index (χ1v) is 12.3. The van der Waals surface area contributed by atoms with Crippen molar-refractivity contribution in [3.8, 4) is 0 Å². The highest BCUT2D eigenvalue weighted by Gasteiger charge is 2.36. The zero-order valence-corrected chi connectivity index (χ0v) is 20.0. The summed E-state index contributed by atoms with van der Waals surface area (Å²) in [5.41, 5.74) is 4.01. The van der Waals surface area contributed by atoms with E-state index in [1.807, 2.05) is 40.4 Å². The molecule has 4 rings (SSSR count). The second-order valence-corrected chi connectivity index (χ2v) is 9.45. The van der Waals surface area contributed by atoms with Crippen molar-refractivity contribution in [1.29, 1.82) is 0 Å². The lowest BCUT2D eigenvalue weighted by atomic mass is 9.95. The fourth-order valence-corrected chi connectivity index (χ4v) is 4.79. The second-order valence-electron chi connectivity index (χ2n) is 8.67. The van der Waals surface area contributed by atoms with Crippen molar-refractivity contribution in [3.63, 3.8) is 0 Å². The van der Waals surface area contributed by atoms with Crippen LogP contribution in [0.25, 0.3) is 0 Å². The van der Waals surface area contributed by atoms with Crippen molar-refractivity contribution in [2.45, 2.75) is 58.5 Å². The van der Waals surface area contributed by atoms with E-state index >= 15 is 0 Å². The second kappa shape index (κ2) is 11.4. The number of para-hydroxylation sites is 1. The van der Waals surface area contributed by atoms with Gasteiger partial charge in [0, 0.05) is 19.4 Å². The Bertz CT molecular complexity index is 927. The molecule has 7 heteroatoms. The van der Waals surface area contributed by atoms with Crippen molar-refractivity contribution in [2.24, 2.45) is 5.92 Å². The maximum Gasteiger partial charge on any atom is 0.244 e. The first-order chi connectivity index (χ1) is 15.5. The van der Waals surface area contributed by atoms with Gasteiger partial charge in [-0.05, 0) is 66.2 Å². The van der Waals surface area contributed by atoms with E-state index in [4.69, 9.17) is 0 Å². The summed E-state index contributed by atoms with van der Waals surface area (Å²) in [7, 11) is 1.82. The predicted molar refractivity (Wildman–Crippen MR) is 130 cm³/mol. The van der Waals surface area contributed by atoms with Crippen LogP contribution >= 0.6 is 11.3 Å². The topological polar surface area (TPSA) is 69.7 Å². The number of benzene rings is 1. The molecule has 2 aliphatic rings. The van der Waals surface area contributed by atoms with Crippen molar-refractivity contribution in [3.05, 3.63) is 46.2 Å². The lowest BCUT2D eigenvalue weighted by molar-refractivity contribution is -0.121. The van der Waals surface area contributed by atoms with Gasteiger partial charge >= 0.3 is 0 Å². The molecular weight excluding hydrogens is 422 g/mol. The largest absolute Gasteiger partial charge is 0.310 e. The highest BCUT2D eigenvalue weighted by Crippen LogP contribution is 2.39. The van der Waals surface area contributed by atoms with E-state index in [1.54, 1.807) is 11.3 Å². The molecule has 3 heterocycles. The number of hydrogen-bond donors (Lipinski definition) is 1. The van der Waals surface area contributed by atoms with E-state index < -0.39 is 0 Å². The fourth-order valence-electron chi connectivity index (χ4n) is 4.13. The summed E-state index contributed by atoms with van der Waals surface area (Å²) in [5, 5.41) is 7.23. The van der Waals surface area contributed by atoms with Crippen LogP contribution in [0.5, 0.6) is 0 Å². The Labute approximate surface area is 194 Å². The number of fused-ring (bicyclic) bond motifs is 1. The number of nitrogens with one attached hydrogen (secondary N) is 1. The van der Waals surface area contributed by atoms with Crippen LogP contribution in [0.2, 0.25) is 0 Å². The molecule has 2 aromatic rings. The van der Waals surface area contributed by atoms with E-state index in [0.717, 1.165) is 54.6 Å². The molecule has 0 radical (unpaired) electrons. The lowest BCUT2D eigenvalue weighted by Gasteiger charge is -2.37. The smallest absolute Gasteiger partial charge is 0.244 e. The third-order valence-electron chi connectivity index (χ3n) is 5.85. The zero-order valence-electron chi connectivity index (χ0n) is 19.2. The number of thiophene rings is 1. The van der Waals surface area contributed by atoms with Crippen molar-refractivity contribution in [1.82, 2.24) is 5.32 Å². The van der Waals surface area contributed by atoms with Gasteiger partial charge in [-0.1, -0.05) is 26.0 Å². The summed E-state index contributed by atoms with van der Waals surface area (Å²) < 4.78 is 0. The fraction of sp³-hybridized carbons (Fsp3) is 0.480. The predicted octanol–water partition coefficient (Wildman–Crippen LogP) is 4.17. The molecule has 1 fully saturated rings. The minimum absolute atomic E-state index is 0.0697. The summed E-state index contributed by atoms with van der Waals surface area (Å²) in [6, 6.07) is 7.84. The molecule has 0 saturated carbocycles. The van der Waals surface area contributed by atoms with Crippen LogP contribution in [-0.2, 0) is 27.3 Å². The average molecular weight is 456 g/mol. The third-order valence-corrected chi connectivity index (χ3v) is 6.58. The quantitative estimate of drug-likeness (QED) is 0.636. The molecule has 172 valence electrons. The molecule has 2 aliphatic heterocycles. The maximum atomic E-state index is 13.1. The molecular formula is C25H33N3O3S. The number of amides is 2. The SMILES string of the molecule is CC(C)CCC=O.CNC1Cc2cccc(N3CCCC3=O)c2N(Cc2ccsc2)C1=O.